The van der Waals surface area contributed by atoms with Crippen LogP contribution in [-0.4, -0.2) is 63.9 Å². The maximum absolute atomic E-state index is 13.2. The van der Waals surface area contributed by atoms with Crippen LogP contribution in [0, 0.1) is 0 Å². The molecule has 4 heterocycles. The number of fused-ring (bicyclic) bond motifs is 2. The minimum absolute atomic E-state index is 0.203. The number of morpholine rings is 1. The van der Waals surface area contributed by atoms with Crippen LogP contribution in [0.3, 0.4) is 0 Å². The van der Waals surface area contributed by atoms with Gasteiger partial charge in [0.15, 0.2) is 17.8 Å². The number of ether oxygens (including phenoxy) is 1. The van der Waals surface area contributed by atoms with E-state index < -0.39 is 0 Å². The molecule has 2 aromatic carbocycles. The lowest BCUT2D eigenvalue weighted by molar-refractivity contribution is -0.114. The molecule has 1 atom stereocenters. The van der Waals surface area contributed by atoms with Gasteiger partial charge in [-0.25, -0.2) is 15.0 Å². The third-order valence-corrected chi connectivity index (χ3v) is 8.42. The van der Waals surface area contributed by atoms with Gasteiger partial charge in [0, 0.05) is 43.0 Å². The van der Waals surface area contributed by atoms with Crippen molar-refractivity contribution in [3.8, 4) is 17.1 Å². The smallest absolute Gasteiger partial charge is 0.251 e. The molecule has 1 saturated heterocycles. The number of benzene rings is 2. The Hall–Kier alpha value is -5.62. The van der Waals surface area contributed by atoms with Crippen molar-refractivity contribution < 1.29 is 19.1 Å². The van der Waals surface area contributed by atoms with Crippen LogP contribution in [0.1, 0.15) is 51.2 Å². The molecule has 232 valence electrons. The van der Waals surface area contributed by atoms with Gasteiger partial charge in [0.1, 0.15) is 17.2 Å². The number of nitrogens with zero attached hydrogens (tertiary/aromatic N) is 5. The van der Waals surface area contributed by atoms with Gasteiger partial charge >= 0.3 is 0 Å². The first kappa shape index (κ1) is 29.1. The first-order chi connectivity index (χ1) is 22.4. The molecule has 1 aliphatic carbocycles. The second kappa shape index (κ2) is 12.1. The van der Waals surface area contributed by atoms with E-state index in [9.17, 15) is 14.4 Å². The molecule has 0 bridgehead atoms. The molecule has 2 amide bonds. The summed E-state index contributed by atoms with van der Waals surface area (Å²) in [6, 6.07) is 18.3. The van der Waals surface area contributed by atoms with Gasteiger partial charge in [-0.2, -0.15) is 0 Å². The van der Waals surface area contributed by atoms with Gasteiger partial charge in [0.2, 0.25) is 5.91 Å². The third kappa shape index (κ3) is 5.43. The van der Waals surface area contributed by atoms with E-state index in [1.165, 1.54) is 13.0 Å². The van der Waals surface area contributed by atoms with Gasteiger partial charge in [-0.05, 0) is 78.6 Å². The lowest BCUT2D eigenvalue weighted by atomic mass is 10.1. The standard InChI is InChI=1S/C34H32N8O4/c1-20(44)37-27-8-5-22(17-23(27)19-43)34(45)39-28-9-4-21-18-24(6-7-25(21)28)42-32(26-3-2-12-36-31(26)35)38-29-10-11-30(40-33(29)42)41-13-15-46-16-14-41/h2-3,5-8,10-12,17-19,28H,4,9,13-16H2,1H3,(H2,35,36)(H,37,44)(H,39,45)/t28-/m0/s1. The number of rotatable bonds is 7. The number of carbonyl (C=O) groups excluding carboxylic acids is 3. The number of nitrogens with two attached hydrogens (primary N) is 1. The van der Waals surface area contributed by atoms with E-state index in [1.807, 2.05) is 41.0 Å². The molecule has 2 aliphatic rings. The summed E-state index contributed by atoms with van der Waals surface area (Å²) in [7, 11) is 0. The molecule has 12 nitrogen and oxygen atoms in total. The quantitative estimate of drug-likeness (QED) is 0.229. The number of imidazole rings is 1. The first-order valence-electron chi connectivity index (χ1n) is 15.1. The van der Waals surface area contributed by atoms with E-state index in [2.05, 4.69) is 26.6 Å². The number of aryl methyl sites for hydroxylation is 1. The van der Waals surface area contributed by atoms with E-state index in [4.69, 9.17) is 20.4 Å². The van der Waals surface area contributed by atoms with Crippen LogP contribution < -0.4 is 21.3 Å². The molecule has 0 spiro atoms. The highest BCUT2D eigenvalue weighted by molar-refractivity contribution is 6.00. The number of aromatic nitrogens is 4. The summed E-state index contributed by atoms with van der Waals surface area (Å²) < 4.78 is 7.57. The van der Waals surface area contributed by atoms with Crippen LogP contribution >= 0.6 is 0 Å². The summed E-state index contributed by atoms with van der Waals surface area (Å²) in [4.78, 5) is 52.9. The molecule has 3 aromatic heterocycles. The fraction of sp³-hybridized carbons (Fsp3) is 0.235. The van der Waals surface area contributed by atoms with Crippen molar-refractivity contribution in [1.29, 1.82) is 0 Å². The van der Waals surface area contributed by atoms with Crippen molar-refractivity contribution in [2.45, 2.75) is 25.8 Å². The number of nitrogen functional groups attached to an aromatic ring is 1. The highest BCUT2D eigenvalue weighted by Gasteiger charge is 2.27. The number of amides is 2. The highest BCUT2D eigenvalue weighted by Crippen LogP contribution is 2.36. The summed E-state index contributed by atoms with van der Waals surface area (Å²) in [5.74, 6) is 1.28. The van der Waals surface area contributed by atoms with Crippen LogP contribution in [-0.2, 0) is 16.0 Å². The monoisotopic (exact) mass is 616 g/mol. The highest BCUT2D eigenvalue weighted by atomic mass is 16.5. The van der Waals surface area contributed by atoms with Gasteiger partial charge in [-0.3, -0.25) is 19.0 Å². The van der Waals surface area contributed by atoms with Crippen molar-refractivity contribution in [3.05, 3.63) is 89.1 Å². The Morgan fingerprint density at radius 2 is 1.89 bits per heavy atom. The second-order valence-electron chi connectivity index (χ2n) is 11.4. The van der Waals surface area contributed by atoms with E-state index in [0.29, 0.717) is 53.6 Å². The predicted octanol–water partition coefficient (Wildman–Crippen LogP) is 4.09. The Morgan fingerprint density at radius 3 is 2.67 bits per heavy atom. The van der Waals surface area contributed by atoms with Crippen molar-refractivity contribution in [2.24, 2.45) is 0 Å². The largest absolute Gasteiger partial charge is 0.383 e. The zero-order valence-corrected chi connectivity index (χ0v) is 25.2. The van der Waals surface area contributed by atoms with Crippen molar-refractivity contribution in [2.75, 3.05) is 42.3 Å². The van der Waals surface area contributed by atoms with Crippen molar-refractivity contribution >= 4 is 46.6 Å². The average Bonchev–Trinajstić information content (AvgIpc) is 3.65. The van der Waals surface area contributed by atoms with Gasteiger partial charge in [-0.15, -0.1) is 0 Å². The molecule has 4 N–H and O–H groups in total. The van der Waals surface area contributed by atoms with Crippen LogP contribution in [0.15, 0.2) is 66.9 Å². The molecule has 12 heteroatoms. The fourth-order valence-electron chi connectivity index (χ4n) is 6.19. The summed E-state index contributed by atoms with van der Waals surface area (Å²) in [6.07, 6.45) is 3.77. The Kier molecular flexibility index (Phi) is 7.63. The van der Waals surface area contributed by atoms with Gasteiger partial charge in [0.25, 0.3) is 5.91 Å². The lowest BCUT2D eigenvalue weighted by Crippen LogP contribution is -2.36. The number of carbonyl (C=O) groups is 3. The Morgan fingerprint density at radius 1 is 1.04 bits per heavy atom. The Balaban J connectivity index is 1.23. The summed E-state index contributed by atoms with van der Waals surface area (Å²) in [6.45, 7) is 4.19. The molecule has 5 aromatic rings. The van der Waals surface area contributed by atoms with Gasteiger partial charge < -0.3 is 26.0 Å². The minimum Gasteiger partial charge on any atom is -0.383 e. The average molecular weight is 617 g/mol. The number of nitrogens with one attached hydrogen (secondary N) is 2. The van der Waals surface area contributed by atoms with E-state index in [1.54, 1.807) is 18.3 Å². The molecule has 0 unspecified atom stereocenters. The molecule has 7 rings (SSSR count). The fourth-order valence-corrected chi connectivity index (χ4v) is 6.19. The number of aldehydes is 1. The normalized spacial score (nSPS) is 15.8. The third-order valence-electron chi connectivity index (χ3n) is 8.42. The number of hydrogen-bond donors (Lipinski definition) is 3. The SMILES string of the molecule is CC(=O)Nc1ccc(C(=O)N[C@H]2CCc3cc(-n4c(-c5cccnc5N)nc5ccc(N6CCOCC6)nc54)ccc32)cc1C=O. The Labute approximate surface area is 264 Å². The minimum atomic E-state index is -0.297. The Bertz CT molecular complexity index is 2000. The van der Waals surface area contributed by atoms with Gasteiger partial charge in [0.05, 0.1) is 30.5 Å². The summed E-state index contributed by atoms with van der Waals surface area (Å²) in [5.41, 5.74) is 12.4. The first-order valence-corrected chi connectivity index (χ1v) is 15.1. The number of anilines is 3. The molecular formula is C34H32N8O4. The number of hydrogen-bond acceptors (Lipinski definition) is 9. The molecular weight excluding hydrogens is 584 g/mol. The molecule has 1 fully saturated rings. The van der Waals surface area contributed by atoms with Gasteiger partial charge in [-0.1, -0.05) is 6.07 Å². The van der Waals surface area contributed by atoms with E-state index in [0.717, 1.165) is 54.1 Å². The maximum Gasteiger partial charge on any atom is 0.251 e. The van der Waals surface area contributed by atoms with Crippen LogP contribution in [0.2, 0.25) is 0 Å². The molecule has 46 heavy (non-hydrogen) atoms. The maximum atomic E-state index is 13.2. The van der Waals surface area contributed by atoms with E-state index in [-0.39, 0.29) is 23.4 Å². The second-order valence-corrected chi connectivity index (χ2v) is 11.4. The predicted molar refractivity (Wildman–Crippen MR) is 174 cm³/mol. The zero-order chi connectivity index (χ0) is 31.8. The van der Waals surface area contributed by atoms with Crippen LogP contribution in [0.4, 0.5) is 17.3 Å². The molecule has 1 aliphatic heterocycles. The van der Waals surface area contributed by atoms with Crippen molar-refractivity contribution in [1.82, 2.24) is 24.8 Å². The zero-order valence-electron chi connectivity index (χ0n) is 25.2. The summed E-state index contributed by atoms with van der Waals surface area (Å²) in [5, 5.41) is 5.73. The topological polar surface area (TPSA) is 157 Å². The van der Waals surface area contributed by atoms with E-state index >= 15 is 0 Å². The van der Waals surface area contributed by atoms with Crippen molar-refractivity contribution in [3.63, 3.8) is 0 Å². The lowest BCUT2D eigenvalue weighted by Gasteiger charge is -2.27. The summed E-state index contributed by atoms with van der Waals surface area (Å²) >= 11 is 0. The number of pyridine rings is 2. The molecule has 0 saturated carbocycles. The molecule has 0 radical (unpaired) electrons. The van der Waals surface area contributed by atoms with Crippen LogP contribution in [0.25, 0.3) is 28.2 Å². The van der Waals surface area contributed by atoms with Crippen LogP contribution in [0.5, 0.6) is 0 Å².